The molecule has 0 saturated carbocycles. The highest BCUT2D eigenvalue weighted by Gasteiger charge is 2.10. The van der Waals surface area contributed by atoms with Gasteiger partial charge in [0, 0.05) is 19.2 Å². The van der Waals surface area contributed by atoms with E-state index in [-0.39, 0.29) is 11.8 Å². The smallest absolute Gasteiger partial charge is 0.271 e. The molecule has 0 atom stereocenters. The van der Waals surface area contributed by atoms with E-state index >= 15 is 0 Å². The molecule has 7 nitrogen and oxygen atoms in total. The number of nitrogens with zero attached hydrogens (tertiary/aromatic N) is 3. The summed E-state index contributed by atoms with van der Waals surface area (Å²) < 4.78 is 1.66. The Hall–Kier alpha value is -3.48. The average Bonchev–Trinajstić information content (AvgIpc) is 3.18. The van der Waals surface area contributed by atoms with E-state index in [9.17, 15) is 9.59 Å². The minimum absolute atomic E-state index is 0.0697. The molecule has 2 amide bonds. The lowest BCUT2D eigenvalue weighted by molar-refractivity contribution is -0.115. The van der Waals surface area contributed by atoms with Crippen molar-refractivity contribution in [2.45, 2.75) is 26.8 Å². The van der Waals surface area contributed by atoms with Crippen LogP contribution < -0.4 is 10.6 Å². The summed E-state index contributed by atoms with van der Waals surface area (Å²) in [4.78, 5) is 32.1. The standard InChI is InChI=1S/C20H21N5O2/c1-3-19(26)24-16-8-9-18(21-11-16)25-12-17(23-13-25)20(27)22-10-15-6-4-14(2)5-7-15/h4-9,11-13H,3,10H2,1-2H3,(H,22,27)(H,24,26). The Morgan fingerprint density at radius 2 is 1.85 bits per heavy atom. The number of anilines is 1. The molecule has 3 aromatic rings. The summed E-state index contributed by atoms with van der Waals surface area (Å²) in [5, 5.41) is 5.59. The van der Waals surface area contributed by atoms with Crippen molar-refractivity contribution in [3.05, 3.63) is 71.9 Å². The first-order chi connectivity index (χ1) is 13.0. The Kier molecular flexibility index (Phi) is 5.61. The Bertz CT molecular complexity index is 930. The fourth-order valence-corrected chi connectivity index (χ4v) is 2.41. The SMILES string of the molecule is CCC(=O)Nc1ccc(-n2cnc(C(=O)NCc3ccc(C)cc3)c2)nc1. The van der Waals surface area contributed by atoms with Gasteiger partial charge in [-0.15, -0.1) is 0 Å². The van der Waals surface area contributed by atoms with Crippen LogP contribution in [0.25, 0.3) is 5.82 Å². The van der Waals surface area contributed by atoms with Gasteiger partial charge >= 0.3 is 0 Å². The van der Waals surface area contributed by atoms with E-state index in [2.05, 4.69) is 20.6 Å². The van der Waals surface area contributed by atoms with E-state index in [4.69, 9.17) is 0 Å². The van der Waals surface area contributed by atoms with Crippen molar-refractivity contribution in [3.8, 4) is 5.82 Å². The number of pyridine rings is 1. The van der Waals surface area contributed by atoms with Gasteiger partial charge < -0.3 is 10.6 Å². The quantitative estimate of drug-likeness (QED) is 0.705. The molecule has 3 rings (SSSR count). The van der Waals surface area contributed by atoms with Crippen LogP contribution in [0.5, 0.6) is 0 Å². The first-order valence-electron chi connectivity index (χ1n) is 8.69. The molecule has 2 N–H and O–H groups in total. The number of carbonyl (C=O) groups excluding carboxylic acids is 2. The zero-order chi connectivity index (χ0) is 19.2. The molecule has 0 radical (unpaired) electrons. The second kappa shape index (κ2) is 8.27. The number of benzene rings is 1. The summed E-state index contributed by atoms with van der Waals surface area (Å²) in [5.41, 5.74) is 3.14. The number of aromatic nitrogens is 3. The zero-order valence-electron chi connectivity index (χ0n) is 15.3. The molecule has 2 heterocycles. The van der Waals surface area contributed by atoms with Gasteiger partial charge in [0.1, 0.15) is 17.8 Å². The van der Waals surface area contributed by atoms with Crippen molar-refractivity contribution >= 4 is 17.5 Å². The average molecular weight is 363 g/mol. The molecule has 0 saturated heterocycles. The van der Waals surface area contributed by atoms with Gasteiger partial charge in [0.25, 0.3) is 5.91 Å². The van der Waals surface area contributed by atoms with Crippen LogP contribution in [0, 0.1) is 6.92 Å². The summed E-state index contributed by atoms with van der Waals surface area (Å²) in [6.07, 6.45) is 5.13. The topological polar surface area (TPSA) is 88.9 Å². The van der Waals surface area contributed by atoms with Gasteiger partial charge in [-0.2, -0.15) is 0 Å². The van der Waals surface area contributed by atoms with Gasteiger partial charge in [-0.1, -0.05) is 36.8 Å². The zero-order valence-corrected chi connectivity index (χ0v) is 15.3. The number of amides is 2. The molecule has 138 valence electrons. The largest absolute Gasteiger partial charge is 0.347 e. The van der Waals surface area contributed by atoms with Crippen LogP contribution in [-0.2, 0) is 11.3 Å². The third-order valence-corrected chi connectivity index (χ3v) is 4.01. The van der Waals surface area contributed by atoms with Gasteiger partial charge in [0.15, 0.2) is 0 Å². The van der Waals surface area contributed by atoms with Crippen molar-refractivity contribution in [1.82, 2.24) is 19.9 Å². The summed E-state index contributed by atoms with van der Waals surface area (Å²) in [6, 6.07) is 11.5. The maximum Gasteiger partial charge on any atom is 0.271 e. The number of rotatable bonds is 6. The molecule has 7 heteroatoms. The first kappa shape index (κ1) is 18.3. The Balaban J connectivity index is 1.62. The number of carbonyl (C=O) groups is 2. The first-order valence-corrected chi connectivity index (χ1v) is 8.69. The van der Waals surface area contributed by atoms with Crippen LogP contribution in [0.3, 0.4) is 0 Å². The highest BCUT2D eigenvalue weighted by atomic mass is 16.2. The van der Waals surface area contributed by atoms with E-state index in [1.54, 1.807) is 36.0 Å². The molecule has 0 aliphatic rings. The minimum Gasteiger partial charge on any atom is -0.347 e. The molecule has 1 aromatic carbocycles. The van der Waals surface area contributed by atoms with E-state index in [0.717, 1.165) is 5.56 Å². The van der Waals surface area contributed by atoms with Gasteiger partial charge in [-0.05, 0) is 24.6 Å². The van der Waals surface area contributed by atoms with Crippen molar-refractivity contribution in [2.75, 3.05) is 5.32 Å². The third kappa shape index (κ3) is 4.78. The molecule has 0 bridgehead atoms. The lowest BCUT2D eigenvalue weighted by atomic mass is 10.1. The monoisotopic (exact) mass is 363 g/mol. The van der Waals surface area contributed by atoms with E-state index < -0.39 is 0 Å². The summed E-state index contributed by atoms with van der Waals surface area (Å²) in [7, 11) is 0. The molecule has 0 aliphatic heterocycles. The second-order valence-corrected chi connectivity index (χ2v) is 6.14. The number of aryl methyl sites for hydroxylation is 1. The van der Waals surface area contributed by atoms with Crippen molar-refractivity contribution in [3.63, 3.8) is 0 Å². The highest BCUT2D eigenvalue weighted by molar-refractivity contribution is 5.92. The Morgan fingerprint density at radius 1 is 1.07 bits per heavy atom. The minimum atomic E-state index is -0.249. The molecule has 2 aromatic heterocycles. The lowest BCUT2D eigenvalue weighted by Crippen LogP contribution is -2.23. The summed E-state index contributed by atoms with van der Waals surface area (Å²) in [6.45, 7) is 4.25. The van der Waals surface area contributed by atoms with E-state index in [0.29, 0.717) is 30.2 Å². The molecular weight excluding hydrogens is 342 g/mol. The number of nitrogens with one attached hydrogen (secondary N) is 2. The molecular formula is C20H21N5O2. The number of imidazole rings is 1. The fraction of sp³-hybridized carbons (Fsp3) is 0.200. The number of hydrogen-bond acceptors (Lipinski definition) is 4. The fourth-order valence-electron chi connectivity index (χ4n) is 2.41. The molecule has 0 spiro atoms. The van der Waals surface area contributed by atoms with Crippen LogP contribution in [0.15, 0.2) is 55.1 Å². The predicted octanol–water partition coefficient (Wildman–Crippen LogP) is 2.85. The Morgan fingerprint density at radius 3 is 2.52 bits per heavy atom. The second-order valence-electron chi connectivity index (χ2n) is 6.14. The van der Waals surface area contributed by atoms with Gasteiger partial charge in [-0.3, -0.25) is 14.2 Å². The van der Waals surface area contributed by atoms with Crippen LogP contribution in [0.1, 0.15) is 35.0 Å². The van der Waals surface area contributed by atoms with Crippen molar-refractivity contribution < 1.29 is 9.59 Å². The number of hydrogen-bond donors (Lipinski definition) is 2. The lowest BCUT2D eigenvalue weighted by Gasteiger charge is -2.05. The highest BCUT2D eigenvalue weighted by Crippen LogP contribution is 2.11. The van der Waals surface area contributed by atoms with Crippen LogP contribution in [-0.4, -0.2) is 26.3 Å². The van der Waals surface area contributed by atoms with Crippen molar-refractivity contribution in [1.29, 1.82) is 0 Å². The maximum atomic E-state index is 12.3. The van der Waals surface area contributed by atoms with E-state index in [1.807, 2.05) is 31.2 Å². The predicted molar refractivity (Wildman–Crippen MR) is 103 cm³/mol. The van der Waals surface area contributed by atoms with E-state index in [1.165, 1.54) is 11.9 Å². The van der Waals surface area contributed by atoms with Crippen LogP contribution >= 0.6 is 0 Å². The molecule has 0 fully saturated rings. The Labute approximate surface area is 157 Å². The molecule has 27 heavy (non-hydrogen) atoms. The molecule has 0 unspecified atom stereocenters. The molecule has 0 aliphatic carbocycles. The summed E-state index contributed by atoms with van der Waals surface area (Å²) in [5.74, 6) is 0.287. The van der Waals surface area contributed by atoms with Crippen molar-refractivity contribution in [2.24, 2.45) is 0 Å². The normalized spacial score (nSPS) is 10.4. The van der Waals surface area contributed by atoms with Crippen LogP contribution in [0.4, 0.5) is 5.69 Å². The van der Waals surface area contributed by atoms with Gasteiger partial charge in [-0.25, -0.2) is 9.97 Å². The van der Waals surface area contributed by atoms with Crippen LogP contribution in [0.2, 0.25) is 0 Å². The third-order valence-electron chi connectivity index (χ3n) is 4.01. The van der Waals surface area contributed by atoms with Gasteiger partial charge in [0.2, 0.25) is 5.91 Å². The van der Waals surface area contributed by atoms with Gasteiger partial charge in [0.05, 0.1) is 11.9 Å². The summed E-state index contributed by atoms with van der Waals surface area (Å²) >= 11 is 0. The maximum absolute atomic E-state index is 12.3.